The fourth-order valence-corrected chi connectivity index (χ4v) is 0.994. The standard InChI is InChI=1S/C8H7ClFN3O2/c9-4-1-2-6(5(10)3-4)12-7(14)8(15)13-11/h1-3H,11H2,(H,12,14)(H,13,15). The fourth-order valence-electron chi connectivity index (χ4n) is 0.835. The van der Waals surface area contributed by atoms with Gasteiger partial charge in [0.25, 0.3) is 0 Å². The van der Waals surface area contributed by atoms with Crippen LogP contribution < -0.4 is 16.6 Å². The molecule has 0 aliphatic carbocycles. The predicted octanol–water partition coefficient (Wildman–Crippen LogP) is 0.407. The zero-order valence-electron chi connectivity index (χ0n) is 7.38. The van der Waals surface area contributed by atoms with Gasteiger partial charge in [-0.25, -0.2) is 10.2 Å². The lowest BCUT2D eigenvalue weighted by Crippen LogP contribution is -2.39. The van der Waals surface area contributed by atoms with E-state index in [9.17, 15) is 14.0 Å². The van der Waals surface area contributed by atoms with Crippen molar-refractivity contribution >= 4 is 29.1 Å². The molecule has 0 atom stereocenters. The van der Waals surface area contributed by atoms with E-state index in [-0.39, 0.29) is 10.7 Å². The van der Waals surface area contributed by atoms with Gasteiger partial charge >= 0.3 is 11.8 Å². The second-order valence-electron chi connectivity index (χ2n) is 2.55. The van der Waals surface area contributed by atoms with Gasteiger partial charge in [-0.05, 0) is 18.2 Å². The predicted molar refractivity (Wildman–Crippen MR) is 52.4 cm³/mol. The number of nitrogens with one attached hydrogen (secondary N) is 2. The SMILES string of the molecule is NNC(=O)C(=O)Nc1ccc(Cl)cc1F. The fraction of sp³-hybridized carbons (Fsp3) is 0. The number of amides is 2. The average Bonchev–Trinajstić information content (AvgIpc) is 2.20. The molecule has 4 N–H and O–H groups in total. The molecule has 0 bridgehead atoms. The summed E-state index contributed by atoms with van der Waals surface area (Å²) in [5, 5.41) is 2.21. The Morgan fingerprint density at radius 3 is 2.53 bits per heavy atom. The molecule has 0 spiro atoms. The third-order valence-corrected chi connectivity index (χ3v) is 1.75. The number of carbonyl (C=O) groups is 2. The van der Waals surface area contributed by atoms with E-state index in [1.165, 1.54) is 12.1 Å². The molecule has 0 aliphatic rings. The van der Waals surface area contributed by atoms with E-state index in [4.69, 9.17) is 17.4 Å². The minimum absolute atomic E-state index is 0.145. The average molecular weight is 232 g/mol. The molecule has 0 saturated carbocycles. The number of halogens is 2. The van der Waals surface area contributed by atoms with Gasteiger partial charge in [0.15, 0.2) is 0 Å². The van der Waals surface area contributed by atoms with E-state index in [1.807, 2.05) is 5.32 Å². The van der Waals surface area contributed by atoms with E-state index >= 15 is 0 Å². The molecule has 1 aromatic carbocycles. The Labute approximate surface area is 89.4 Å². The van der Waals surface area contributed by atoms with Crippen molar-refractivity contribution < 1.29 is 14.0 Å². The lowest BCUT2D eigenvalue weighted by Gasteiger charge is -2.04. The topological polar surface area (TPSA) is 84.2 Å². The monoisotopic (exact) mass is 231 g/mol. The van der Waals surface area contributed by atoms with Crippen molar-refractivity contribution in [3.05, 3.63) is 29.0 Å². The maximum atomic E-state index is 13.1. The first kappa shape index (κ1) is 11.4. The second-order valence-corrected chi connectivity index (χ2v) is 2.99. The third-order valence-electron chi connectivity index (χ3n) is 1.52. The Bertz CT molecular complexity index is 411. The van der Waals surface area contributed by atoms with Gasteiger partial charge in [-0.2, -0.15) is 0 Å². The summed E-state index contributed by atoms with van der Waals surface area (Å²) >= 11 is 5.49. The van der Waals surface area contributed by atoms with Gasteiger partial charge in [-0.3, -0.25) is 15.0 Å². The zero-order valence-corrected chi connectivity index (χ0v) is 8.14. The van der Waals surface area contributed by atoms with Crippen LogP contribution in [0.1, 0.15) is 0 Å². The summed E-state index contributed by atoms with van der Waals surface area (Å²) in [6.07, 6.45) is 0. The van der Waals surface area contributed by atoms with Gasteiger partial charge in [-0.1, -0.05) is 11.6 Å². The molecule has 1 rings (SSSR count). The largest absolute Gasteiger partial charge is 0.323 e. The van der Waals surface area contributed by atoms with Gasteiger partial charge in [0.1, 0.15) is 5.82 Å². The van der Waals surface area contributed by atoms with Crippen molar-refractivity contribution in [1.29, 1.82) is 0 Å². The maximum Gasteiger partial charge on any atom is 0.323 e. The van der Waals surface area contributed by atoms with Crippen LogP contribution in [0.25, 0.3) is 0 Å². The molecule has 0 heterocycles. The Morgan fingerprint density at radius 1 is 1.33 bits per heavy atom. The lowest BCUT2D eigenvalue weighted by molar-refractivity contribution is -0.136. The molecular weight excluding hydrogens is 225 g/mol. The van der Waals surface area contributed by atoms with Crippen molar-refractivity contribution in [2.24, 2.45) is 5.84 Å². The maximum absolute atomic E-state index is 13.1. The third kappa shape index (κ3) is 2.90. The highest BCUT2D eigenvalue weighted by Gasteiger charge is 2.13. The first-order valence-corrected chi connectivity index (χ1v) is 4.19. The van der Waals surface area contributed by atoms with Crippen molar-refractivity contribution in [2.45, 2.75) is 0 Å². The van der Waals surface area contributed by atoms with Gasteiger partial charge in [0.2, 0.25) is 0 Å². The molecule has 0 aliphatic heterocycles. The smallest absolute Gasteiger partial charge is 0.315 e. The highest BCUT2D eigenvalue weighted by Crippen LogP contribution is 2.18. The summed E-state index contributed by atoms with van der Waals surface area (Å²) in [4.78, 5) is 21.7. The summed E-state index contributed by atoms with van der Waals surface area (Å²) in [5.74, 6) is 1.86. The Hall–Kier alpha value is -1.66. The molecule has 0 aromatic heterocycles. The summed E-state index contributed by atoms with van der Waals surface area (Å²) in [6.45, 7) is 0. The van der Waals surface area contributed by atoms with Crippen LogP contribution in [0.2, 0.25) is 5.02 Å². The van der Waals surface area contributed by atoms with E-state index in [2.05, 4.69) is 0 Å². The number of hydrogen-bond donors (Lipinski definition) is 3. The molecule has 1 aromatic rings. The highest BCUT2D eigenvalue weighted by molar-refractivity contribution is 6.39. The van der Waals surface area contributed by atoms with Crippen LogP contribution in [-0.2, 0) is 9.59 Å². The normalized spacial score (nSPS) is 9.53. The van der Waals surface area contributed by atoms with Crippen LogP contribution in [0.4, 0.5) is 10.1 Å². The van der Waals surface area contributed by atoms with Gasteiger partial charge in [0, 0.05) is 5.02 Å². The minimum Gasteiger partial charge on any atom is -0.315 e. The van der Waals surface area contributed by atoms with Crippen molar-refractivity contribution in [3.63, 3.8) is 0 Å². The molecule has 0 saturated heterocycles. The van der Waals surface area contributed by atoms with E-state index in [0.29, 0.717) is 0 Å². The van der Waals surface area contributed by atoms with Crippen molar-refractivity contribution in [2.75, 3.05) is 5.32 Å². The van der Waals surface area contributed by atoms with Crippen LogP contribution in [0.15, 0.2) is 18.2 Å². The number of carbonyl (C=O) groups excluding carboxylic acids is 2. The summed E-state index contributed by atoms with van der Waals surface area (Å²) < 4.78 is 13.1. The van der Waals surface area contributed by atoms with Gasteiger partial charge < -0.3 is 5.32 Å². The minimum atomic E-state index is -1.07. The molecular formula is C8H7ClFN3O2. The van der Waals surface area contributed by atoms with Crippen LogP contribution in [0, 0.1) is 5.82 Å². The van der Waals surface area contributed by atoms with Crippen molar-refractivity contribution in [3.8, 4) is 0 Å². The molecule has 80 valence electrons. The van der Waals surface area contributed by atoms with Crippen LogP contribution in [0.3, 0.4) is 0 Å². The number of anilines is 1. The van der Waals surface area contributed by atoms with Crippen LogP contribution >= 0.6 is 11.6 Å². The summed E-state index contributed by atoms with van der Waals surface area (Å²) in [7, 11) is 0. The summed E-state index contributed by atoms with van der Waals surface area (Å²) in [6, 6.07) is 3.62. The highest BCUT2D eigenvalue weighted by atomic mass is 35.5. The number of hydrogen-bond acceptors (Lipinski definition) is 3. The molecule has 7 heteroatoms. The number of nitrogens with two attached hydrogens (primary N) is 1. The summed E-state index contributed by atoms with van der Waals surface area (Å²) in [5.41, 5.74) is 1.47. The Kier molecular flexibility index (Phi) is 3.59. The van der Waals surface area contributed by atoms with Gasteiger partial charge in [-0.15, -0.1) is 0 Å². The molecule has 0 unspecified atom stereocenters. The van der Waals surface area contributed by atoms with Gasteiger partial charge in [0.05, 0.1) is 5.69 Å². The number of benzene rings is 1. The Balaban J connectivity index is 2.81. The zero-order chi connectivity index (χ0) is 11.4. The second kappa shape index (κ2) is 4.72. The number of hydrazine groups is 1. The lowest BCUT2D eigenvalue weighted by atomic mass is 10.3. The van der Waals surface area contributed by atoms with E-state index in [1.54, 1.807) is 5.43 Å². The van der Waals surface area contributed by atoms with Crippen LogP contribution in [-0.4, -0.2) is 11.8 Å². The number of rotatable bonds is 1. The first-order chi connectivity index (χ1) is 7.04. The quantitative estimate of drug-likeness (QED) is 0.283. The van der Waals surface area contributed by atoms with Crippen molar-refractivity contribution in [1.82, 2.24) is 5.43 Å². The molecule has 0 radical (unpaired) electrons. The van der Waals surface area contributed by atoms with E-state index in [0.717, 1.165) is 6.07 Å². The molecule has 0 fully saturated rings. The Morgan fingerprint density at radius 2 is 2.00 bits per heavy atom. The molecule has 2 amide bonds. The van der Waals surface area contributed by atoms with E-state index < -0.39 is 17.6 Å². The molecule has 5 nitrogen and oxygen atoms in total. The first-order valence-electron chi connectivity index (χ1n) is 3.81. The molecule has 15 heavy (non-hydrogen) atoms. The van der Waals surface area contributed by atoms with Crippen LogP contribution in [0.5, 0.6) is 0 Å².